The molecular weight excluding hydrogens is 332 g/mol. The van der Waals surface area contributed by atoms with Gasteiger partial charge in [-0.25, -0.2) is 4.98 Å². The van der Waals surface area contributed by atoms with E-state index in [1.807, 2.05) is 23.2 Å². The number of hydrogen-bond donors (Lipinski definition) is 1. The number of nitrogens with two attached hydrogens (primary N) is 1. The zero-order valence-electron chi connectivity index (χ0n) is 12.0. The van der Waals surface area contributed by atoms with Crippen molar-refractivity contribution < 1.29 is 4.79 Å². The van der Waals surface area contributed by atoms with Crippen LogP contribution in [-0.2, 0) is 4.79 Å². The normalized spacial score (nSPS) is 26.2. The average molecular weight is 353 g/mol. The molecule has 2 fully saturated rings. The van der Waals surface area contributed by atoms with Gasteiger partial charge in [0.2, 0.25) is 5.91 Å². The van der Waals surface area contributed by atoms with Gasteiger partial charge in [-0.3, -0.25) is 4.79 Å². The molecular formula is C15H21BrN4O. The van der Waals surface area contributed by atoms with Crippen molar-refractivity contribution in [2.75, 3.05) is 31.1 Å². The molecule has 0 aromatic carbocycles. The standard InChI is InChI=1S/C15H21BrN4O/c16-12-2-4-14(18-10-12)19-5-7-20(8-6-19)15(21)11-1-3-13(17)9-11/h2,4,10-11,13H,1,3,5-9,17H2/t11-,13+/m1/s1. The Hall–Kier alpha value is -1.14. The molecule has 2 N–H and O–H groups in total. The molecule has 1 aromatic rings. The van der Waals surface area contributed by atoms with Crippen molar-refractivity contribution in [3.63, 3.8) is 0 Å². The summed E-state index contributed by atoms with van der Waals surface area (Å²) >= 11 is 3.40. The first-order valence-corrected chi connectivity index (χ1v) is 8.33. The van der Waals surface area contributed by atoms with Crippen LogP contribution in [0, 0.1) is 5.92 Å². The molecule has 5 nitrogen and oxygen atoms in total. The number of anilines is 1. The number of hydrogen-bond acceptors (Lipinski definition) is 4. The lowest BCUT2D eigenvalue weighted by molar-refractivity contribution is -0.135. The van der Waals surface area contributed by atoms with Crippen LogP contribution < -0.4 is 10.6 Å². The first-order valence-electron chi connectivity index (χ1n) is 7.54. The van der Waals surface area contributed by atoms with Crippen LogP contribution in [0.1, 0.15) is 19.3 Å². The van der Waals surface area contributed by atoms with Crippen molar-refractivity contribution in [1.29, 1.82) is 0 Å². The monoisotopic (exact) mass is 352 g/mol. The van der Waals surface area contributed by atoms with E-state index in [1.54, 1.807) is 0 Å². The molecule has 114 valence electrons. The fraction of sp³-hybridized carbons (Fsp3) is 0.600. The molecule has 1 amide bonds. The van der Waals surface area contributed by atoms with E-state index >= 15 is 0 Å². The minimum absolute atomic E-state index is 0.150. The second-order valence-corrected chi connectivity index (χ2v) is 6.83. The zero-order chi connectivity index (χ0) is 14.8. The average Bonchev–Trinajstić information content (AvgIpc) is 2.94. The van der Waals surface area contributed by atoms with E-state index in [0.29, 0.717) is 5.91 Å². The largest absolute Gasteiger partial charge is 0.353 e. The van der Waals surface area contributed by atoms with Gasteiger partial charge in [-0.2, -0.15) is 0 Å². The molecule has 1 aliphatic heterocycles. The molecule has 21 heavy (non-hydrogen) atoms. The Morgan fingerprint density at radius 3 is 2.57 bits per heavy atom. The SMILES string of the molecule is N[C@H]1CC[C@@H](C(=O)N2CCN(c3ccc(Br)cn3)CC2)C1. The van der Waals surface area contributed by atoms with Gasteiger partial charge >= 0.3 is 0 Å². The highest BCUT2D eigenvalue weighted by Gasteiger charge is 2.32. The molecule has 2 atom stereocenters. The summed E-state index contributed by atoms with van der Waals surface area (Å²) in [5, 5.41) is 0. The van der Waals surface area contributed by atoms with Gasteiger partial charge in [0, 0.05) is 48.8 Å². The lowest BCUT2D eigenvalue weighted by Crippen LogP contribution is -2.50. The van der Waals surface area contributed by atoms with E-state index in [4.69, 9.17) is 5.73 Å². The Bertz CT molecular complexity index is 499. The predicted molar refractivity (Wildman–Crippen MR) is 86.0 cm³/mol. The van der Waals surface area contributed by atoms with Crippen molar-refractivity contribution in [3.8, 4) is 0 Å². The third-order valence-corrected chi connectivity index (χ3v) is 4.92. The Balaban J connectivity index is 1.55. The molecule has 1 aliphatic carbocycles. The van der Waals surface area contributed by atoms with Gasteiger partial charge in [0.1, 0.15) is 5.82 Å². The fourth-order valence-corrected chi connectivity index (χ4v) is 3.44. The topological polar surface area (TPSA) is 62.5 Å². The summed E-state index contributed by atoms with van der Waals surface area (Å²) in [6.07, 6.45) is 4.60. The molecule has 0 unspecified atom stereocenters. The number of amides is 1. The fourth-order valence-electron chi connectivity index (χ4n) is 3.21. The van der Waals surface area contributed by atoms with Crippen molar-refractivity contribution in [1.82, 2.24) is 9.88 Å². The van der Waals surface area contributed by atoms with Crippen molar-refractivity contribution in [2.45, 2.75) is 25.3 Å². The highest BCUT2D eigenvalue weighted by atomic mass is 79.9. The smallest absolute Gasteiger partial charge is 0.225 e. The van der Waals surface area contributed by atoms with E-state index in [2.05, 4.69) is 25.8 Å². The third-order valence-electron chi connectivity index (χ3n) is 4.45. The van der Waals surface area contributed by atoms with Gasteiger partial charge in [0.25, 0.3) is 0 Å². The Kier molecular flexibility index (Phi) is 4.45. The molecule has 2 heterocycles. The highest BCUT2D eigenvalue weighted by Crippen LogP contribution is 2.26. The summed E-state index contributed by atoms with van der Waals surface area (Å²) < 4.78 is 0.984. The number of pyridine rings is 1. The molecule has 0 radical (unpaired) electrons. The lowest BCUT2D eigenvalue weighted by atomic mass is 10.1. The molecule has 0 bridgehead atoms. The molecule has 1 saturated carbocycles. The molecule has 2 aliphatic rings. The summed E-state index contributed by atoms with van der Waals surface area (Å²) in [7, 11) is 0. The second kappa shape index (κ2) is 6.32. The van der Waals surface area contributed by atoms with Gasteiger partial charge in [-0.05, 0) is 47.3 Å². The number of halogens is 1. The van der Waals surface area contributed by atoms with Crippen LogP contribution in [-0.4, -0.2) is 48.0 Å². The van der Waals surface area contributed by atoms with Crippen molar-refractivity contribution in [3.05, 3.63) is 22.8 Å². The van der Waals surface area contributed by atoms with E-state index in [0.717, 1.165) is 55.7 Å². The molecule has 1 aromatic heterocycles. The summed E-state index contributed by atoms with van der Waals surface area (Å²) in [4.78, 5) is 21.1. The summed E-state index contributed by atoms with van der Waals surface area (Å²) in [5.74, 6) is 1.43. The number of aromatic nitrogens is 1. The van der Waals surface area contributed by atoms with Crippen LogP contribution in [0.2, 0.25) is 0 Å². The maximum Gasteiger partial charge on any atom is 0.225 e. The van der Waals surface area contributed by atoms with Crippen molar-refractivity contribution in [2.24, 2.45) is 11.7 Å². The van der Waals surface area contributed by atoms with Crippen molar-refractivity contribution >= 4 is 27.7 Å². The second-order valence-electron chi connectivity index (χ2n) is 5.92. The Morgan fingerprint density at radius 2 is 2.00 bits per heavy atom. The van der Waals surface area contributed by atoms with E-state index in [1.165, 1.54) is 0 Å². The summed E-state index contributed by atoms with van der Waals surface area (Å²) in [6, 6.07) is 4.23. The van der Waals surface area contributed by atoms with E-state index in [-0.39, 0.29) is 12.0 Å². The quantitative estimate of drug-likeness (QED) is 0.878. The van der Waals surface area contributed by atoms with Crippen LogP contribution in [0.15, 0.2) is 22.8 Å². The van der Waals surface area contributed by atoms with Crippen LogP contribution in [0.4, 0.5) is 5.82 Å². The van der Waals surface area contributed by atoms with Crippen LogP contribution in [0.3, 0.4) is 0 Å². The van der Waals surface area contributed by atoms with E-state index in [9.17, 15) is 4.79 Å². The number of nitrogens with zero attached hydrogens (tertiary/aromatic N) is 3. The minimum Gasteiger partial charge on any atom is -0.353 e. The number of carbonyl (C=O) groups excluding carboxylic acids is 1. The molecule has 0 spiro atoms. The number of rotatable bonds is 2. The Labute approximate surface area is 133 Å². The van der Waals surface area contributed by atoms with Gasteiger partial charge < -0.3 is 15.5 Å². The third kappa shape index (κ3) is 3.37. The predicted octanol–water partition coefficient (Wildman–Crippen LogP) is 1.62. The molecule has 6 heteroatoms. The summed E-state index contributed by atoms with van der Waals surface area (Å²) in [6.45, 7) is 3.25. The summed E-state index contributed by atoms with van der Waals surface area (Å²) in [5.41, 5.74) is 5.91. The van der Waals surface area contributed by atoms with Gasteiger partial charge in [0.15, 0.2) is 0 Å². The van der Waals surface area contributed by atoms with Gasteiger partial charge in [-0.15, -0.1) is 0 Å². The molecule has 3 rings (SSSR count). The first-order chi connectivity index (χ1) is 10.1. The van der Waals surface area contributed by atoms with E-state index < -0.39 is 0 Å². The molecule has 1 saturated heterocycles. The number of carbonyl (C=O) groups is 1. The number of piperazine rings is 1. The first kappa shape index (κ1) is 14.8. The van der Waals surface area contributed by atoms with Gasteiger partial charge in [-0.1, -0.05) is 0 Å². The van der Waals surface area contributed by atoms with Crippen LogP contribution >= 0.6 is 15.9 Å². The van der Waals surface area contributed by atoms with Crippen LogP contribution in [0.5, 0.6) is 0 Å². The van der Waals surface area contributed by atoms with Gasteiger partial charge in [0.05, 0.1) is 0 Å². The lowest BCUT2D eigenvalue weighted by Gasteiger charge is -2.36. The van der Waals surface area contributed by atoms with Crippen LogP contribution in [0.25, 0.3) is 0 Å². The zero-order valence-corrected chi connectivity index (χ0v) is 13.6. The maximum absolute atomic E-state index is 12.5. The maximum atomic E-state index is 12.5. The minimum atomic E-state index is 0.150. The Morgan fingerprint density at radius 1 is 1.24 bits per heavy atom. The highest BCUT2D eigenvalue weighted by molar-refractivity contribution is 9.10.